The molecule has 156 valence electrons. The molecule has 1 aliphatic heterocycles. The van der Waals surface area contributed by atoms with Crippen LogP contribution >= 0.6 is 24.0 Å². The molecule has 0 spiro atoms. The summed E-state index contributed by atoms with van der Waals surface area (Å²) in [5.41, 5.74) is 2.42. The minimum absolute atomic E-state index is 0. The monoisotopic (exact) mass is 500 g/mol. The van der Waals surface area contributed by atoms with Gasteiger partial charge in [0.2, 0.25) is 5.91 Å². The van der Waals surface area contributed by atoms with E-state index in [1.165, 1.54) is 24.8 Å². The molecule has 0 aromatic heterocycles. The Morgan fingerprint density at radius 1 is 1.32 bits per heavy atom. The second-order valence-electron chi connectivity index (χ2n) is 7.71. The predicted molar refractivity (Wildman–Crippen MR) is 125 cm³/mol. The summed E-state index contributed by atoms with van der Waals surface area (Å²) in [6, 6.07) is 8.05. The molecule has 1 amide bonds. The molecule has 1 atom stereocenters. The second kappa shape index (κ2) is 11.0. The van der Waals surface area contributed by atoms with Crippen LogP contribution in [0.5, 0.6) is 0 Å². The largest absolute Gasteiger partial charge is 0.385 e. The van der Waals surface area contributed by atoms with Gasteiger partial charge in [-0.3, -0.25) is 9.79 Å². The van der Waals surface area contributed by atoms with Crippen molar-refractivity contribution in [2.75, 3.05) is 38.7 Å². The zero-order valence-electron chi connectivity index (χ0n) is 16.9. The number of carbonyl (C=O) groups is 1. The highest BCUT2D eigenvalue weighted by molar-refractivity contribution is 14.0. The number of nitrogens with one attached hydrogen (secondary N) is 3. The molecule has 1 heterocycles. The van der Waals surface area contributed by atoms with Crippen molar-refractivity contribution in [3.63, 3.8) is 0 Å². The van der Waals surface area contributed by atoms with Gasteiger partial charge in [0.15, 0.2) is 5.96 Å². The van der Waals surface area contributed by atoms with Gasteiger partial charge in [-0.05, 0) is 43.2 Å². The van der Waals surface area contributed by atoms with E-state index in [0.29, 0.717) is 18.4 Å². The Hall–Kier alpha value is -1.35. The zero-order valence-corrected chi connectivity index (χ0v) is 19.3. The van der Waals surface area contributed by atoms with E-state index in [0.717, 1.165) is 37.8 Å². The number of nitrogens with zero attached hydrogens (tertiary/aromatic N) is 1. The van der Waals surface area contributed by atoms with Crippen molar-refractivity contribution in [3.8, 4) is 0 Å². The van der Waals surface area contributed by atoms with Gasteiger partial charge in [0.25, 0.3) is 0 Å². The Balaban J connectivity index is 0.00000280. The summed E-state index contributed by atoms with van der Waals surface area (Å²) < 4.78 is 5.28. The van der Waals surface area contributed by atoms with Crippen molar-refractivity contribution in [2.24, 2.45) is 10.4 Å². The molecule has 0 radical (unpaired) electrons. The number of carbonyl (C=O) groups excluding carboxylic acids is 1. The van der Waals surface area contributed by atoms with E-state index in [2.05, 4.69) is 28.9 Å². The predicted octanol–water partition coefficient (Wildman–Crippen LogP) is 3.49. The number of halogens is 1. The maximum absolute atomic E-state index is 12.0. The molecule has 1 unspecified atom stereocenters. The molecule has 1 fully saturated rings. The third-order valence-corrected chi connectivity index (χ3v) is 5.79. The number of methoxy groups -OCH3 is 1. The number of aliphatic imine (C=N–C) groups is 1. The molecule has 28 heavy (non-hydrogen) atoms. The number of hydrogen-bond donors (Lipinski definition) is 3. The number of guanidine groups is 1. The number of benzene rings is 1. The molecule has 1 aliphatic carbocycles. The van der Waals surface area contributed by atoms with E-state index in [-0.39, 0.29) is 35.8 Å². The maximum atomic E-state index is 12.0. The van der Waals surface area contributed by atoms with Crippen LogP contribution in [0.2, 0.25) is 0 Å². The fourth-order valence-electron chi connectivity index (χ4n) is 3.97. The van der Waals surface area contributed by atoms with E-state index in [1.54, 1.807) is 7.11 Å². The normalized spacial score (nSPS) is 20.3. The van der Waals surface area contributed by atoms with Gasteiger partial charge in [-0.25, -0.2) is 0 Å². The smallest absolute Gasteiger partial charge is 0.225 e. The highest BCUT2D eigenvalue weighted by Crippen LogP contribution is 2.44. The minimum Gasteiger partial charge on any atom is -0.385 e. The fraction of sp³-hybridized carbons (Fsp3) is 0.619. The lowest BCUT2D eigenvalue weighted by atomic mass is 9.67. The number of ether oxygens (including phenoxy) is 1. The lowest BCUT2D eigenvalue weighted by Gasteiger charge is -2.40. The van der Waals surface area contributed by atoms with Crippen LogP contribution in [0, 0.1) is 5.41 Å². The van der Waals surface area contributed by atoms with Gasteiger partial charge in [-0.1, -0.05) is 24.6 Å². The van der Waals surface area contributed by atoms with Crippen LogP contribution in [0.15, 0.2) is 29.3 Å². The van der Waals surface area contributed by atoms with E-state index in [1.807, 2.05) is 18.2 Å². The van der Waals surface area contributed by atoms with Gasteiger partial charge < -0.3 is 20.7 Å². The SMILES string of the molecule is CCNC(=NCC1(CCOC)CCC1)NCC1CC(=O)Nc2ccccc21.I. The van der Waals surface area contributed by atoms with E-state index in [9.17, 15) is 4.79 Å². The molecule has 1 saturated carbocycles. The Bertz CT molecular complexity index is 676. The minimum atomic E-state index is 0. The Labute approximate surface area is 185 Å². The van der Waals surface area contributed by atoms with Crippen molar-refractivity contribution >= 4 is 41.5 Å². The Morgan fingerprint density at radius 3 is 2.79 bits per heavy atom. The highest BCUT2D eigenvalue weighted by Gasteiger charge is 2.36. The molecule has 6 nitrogen and oxygen atoms in total. The summed E-state index contributed by atoms with van der Waals surface area (Å²) >= 11 is 0. The van der Waals surface area contributed by atoms with Crippen LogP contribution in [0.3, 0.4) is 0 Å². The Kier molecular flexibility index (Phi) is 9.01. The molecule has 2 aliphatic rings. The first-order chi connectivity index (χ1) is 13.2. The van der Waals surface area contributed by atoms with Gasteiger partial charge in [0.05, 0.1) is 0 Å². The van der Waals surface area contributed by atoms with Gasteiger partial charge in [0.1, 0.15) is 0 Å². The third kappa shape index (κ3) is 5.83. The standard InChI is InChI=1S/C21H32N4O2.HI/c1-3-22-20(24-15-21(9-6-10-21)11-12-27-2)23-14-16-13-19(26)25-18-8-5-4-7-17(16)18;/h4-5,7-8,16H,3,6,9-15H2,1-2H3,(H,25,26)(H2,22,23,24);1H. The van der Waals surface area contributed by atoms with Gasteiger partial charge >= 0.3 is 0 Å². The molecule has 1 aromatic carbocycles. The molecule has 7 heteroatoms. The summed E-state index contributed by atoms with van der Waals surface area (Å²) in [5.74, 6) is 1.07. The average molecular weight is 500 g/mol. The molecule has 1 aromatic rings. The van der Waals surface area contributed by atoms with Crippen LogP contribution in [-0.4, -0.2) is 45.2 Å². The van der Waals surface area contributed by atoms with Crippen LogP contribution in [0.25, 0.3) is 0 Å². The number of rotatable bonds is 8. The number of anilines is 1. The average Bonchev–Trinajstić information content (AvgIpc) is 2.64. The van der Waals surface area contributed by atoms with Crippen LogP contribution in [0.4, 0.5) is 5.69 Å². The second-order valence-corrected chi connectivity index (χ2v) is 7.71. The zero-order chi connectivity index (χ0) is 19.1. The molecule has 3 rings (SSSR count). The lowest BCUT2D eigenvalue weighted by molar-refractivity contribution is -0.116. The summed E-state index contributed by atoms with van der Waals surface area (Å²) in [6.45, 7) is 5.21. The fourth-order valence-corrected chi connectivity index (χ4v) is 3.97. The quantitative estimate of drug-likeness (QED) is 0.290. The summed E-state index contributed by atoms with van der Waals surface area (Å²) in [7, 11) is 1.76. The molecule has 0 bridgehead atoms. The topological polar surface area (TPSA) is 74.8 Å². The molecular formula is C21H33IN4O2. The summed E-state index contributed by atoms with van der Waals surface area (Å²) in [6.07, 6.45) is 5.33. The summed E-state index contributed by atoms with van der Waals surface area (Å²) in [4.78, 5) is 16.9. The van der Waals surface area contributed by atoms with Crippen LogP contribution in [0.1, 0.15) is 50.5 Å². The number of para-hydroxylation sites is 1. The van der Waals surface area contributed by atoms with Crippen molar-refractivity contribution in [2.45, 2.75) is 44.9 Å². The highest BCUT2D eigenvalue weighted by atomic mass is 127. The van der Waals surface area contributed by atoms with Crippen LogP contribution < -0.4 is 16.0 Å². The Morgan fingerprint density at radius 2 is 2.11 bits per heavy atom. The number of fused-ring (bicyclic) bond motifs is 1. The van der Waals surface area contributed by atoms with Crippen molar-refractivity contribution in [1.29, 1.82) is 0 Å². The number of amides is 1. The van der Waals surface area contributed by atoms with Crippen molar-refractivity contribution < 1.29 is 9.53 Å². The van der Waals surface area contributed by atoms with Crippen molar-refractivity contribution in [3.05, 3.63) is 29.8 Å². The van der Waals surface area contributed by atoms with E-state index >= 15 is 0 Å². The van der Waals surface area contributed by atoms with Crippen molar-refractivity contribution in [1.82, 2.24) is 10.6 Å². The summed E-state index contributed by atoms with van der Waals surface area (Å²) in [5, 5.41) is 9.76. The molecular weight excluding hydrogens is 467 g/mol. The van der Waals surface area contributed by atoms with Crippen LogP contribution in [-0.2, 0) is 9.53 Å². The van der Waals surface area contributed by atoms with E-state index in [4.69, 9.17) is 9.73 Å². The third-order valence-electron chi connectivity index (χ3n) is 5.79. The van der Waals surface area contributed by atoms with E-state index < -0.39 is 0 Å². The lowest BCUT2D eigenvalue weighted by Crippen LogP contribution is -2.42. The first-order valence-electron chi connectivity index (χ1n) is 10.1. The van der Waals surface area contributed by atoms with Gasteiger partial charge in [-0.15, -0.1) is 24.0 Å². The van der Waals surface area contributed by atoms with Gasteiger partial charge in [0, 0.05) is 51.4 Å². The van der Waals surface area contributed by atoms with Gasteiger partial charge in [-0.2, -0.15) is 0 Å². The first-order valence-corrected chi connectivity index (χ1v) is 10.1. The number of hydrogen-bond acceptors (Lipinski definition) is 3. The first kappa shape index (κ1) is 22.9. The molecule has 3 N–H and O–H groups in total. The molecule has 0 saturated heterocycles. The maximum Gasteiger partial charge on any atom is 0.225 e.